The van der Waals surface area contributed by atoms with Gasteiger partial charge in [-0.2, -0.15) is 0 Å². The topological polar surface area (TPSA) is 103 Å². The molecule has 0 saturated carbocycles. The van der Waals surface area contributed by atoms with Crippen LogP contribution < -0.4 is 15.4 Å². The maximum atomic E-state index is 13.3. The molecule has 0 aliphatic carbocycles. The highest BCUT2D eigenvalue weighted by molar-refractivity contribution is 6.05. The van der Waals surface area contributed by atoms with Crippen molar-refractivity contribution in [1.82, 2.24) is 0 Å². The van der Waals surface area contributed by atoms with E-state index in [2.05, 4.69) is 10.6 Å². The van der Waals surface area contributed by atoms with Gasteiger partial charge < -0.3 is 20.1 Å². The van der Waals surface area contributed by atoms with Crippen LogP contribution in [0.5, 0.6) is 5.75 Å². The average molecular weight is 439 g/mol. The number of carbonyl (C=O) groups is 1. The zero-order valence-corrected chi connectivity index (χ0v) is 17.3. The molecule has 0 unspecified atom stereocenters. The molecule has 2 N–H and O–H groups in total. The summed E-state index contributed by atoms with van der Waals surface area (Å²) in [6, 6.07) is 17.0. The van der Waals surface area contributed by atoms with Crippen LogP contribution in [0, 0.1) is 15.9 Å². The van der Waals surface area contributed by atoms with Crippen LogP contribution in [0.25, 0.3) is 0 Å². The van der Waals surface area contributed by atoms with Crippen molar-refractivity contribution in [1.29, 1.82) is 0 Å². The number of benzene rings is 3. The minimum atomic E-state index is -0.549. The molecule has 166 valence electrons. The lowest BCUT2D eigenvalue weighted by molar-refractivity contribution is -0.384. The van der Waals surface area contributed by atoms with Crippen LogP contribution in [0.4, 0.5) is 21.5 Å². The summed E-state index contributed by atoms with van der Waals surface area (Å²) in [4.78, 5) is 23.5. The lowest BCUT2D eigenvalue weighted by atomic mass is 10.1. The van der Waals surface area contributed by atoms with Gasteiger partial charge >= 0.3 is 0 Å². The summed E-state index contributed by atoms with van der Waals surface area (Å²) in [7, 11) is 1.53. The molecule has 1 amide bonds. The van der Waals surface area contributed by atoms with Crippen molar-refractivity contribution in [3.63, 3.8) is 0 Å². The molecular formula is C23H22FN3O5. The van der Waals surface area contributed by atoms with Gasteiger partial charge in [-0.05, 0) is 42.0 Å². The van der Waals surface area contributed by atoms with Crippen molar-refractivity contribution in [3.8, 4) is 5.75 Å². The molecule has 9 heteroatoms. The number of nitrogens with one attached hydrogen (secondary N) is 2. The van der Waals surface area contributed by atoms with Crippen molar-refractivity contribution < 1.29 is 23.6 Å². The highest BCUT2D eigenvalue weighted by Crippen LogP contribution is 2.26. The highest BCUT2D eigenvalue weighted by atomic mass is 19.1. The molecule has 0 saturated heterocycles. The Morgan fingerprint density at radius 2 is 1.91 bits per heavy atom. The SMILES string of the molecule is COCCNc1ccc(C(=O)Nc2cccc(OCc3cccc(F)c3)c2)cc1[N+](=O)[O-]. The first-order valence-corrected chi connectivity index (χ1v) is 9.76. The van der Waals surface area contributed by atoms with E-state index in [-0.39, 0.29) is 23.7 Å². The Morgan fingerprint density at radius 1 is 1.09 bits per heavy atom. The molecule has 0 heterocycles. The van der Waals surface area contributed by atoms with Gasteiger partial charge in [0.2, 0.25) is 0 Å². The summed E-state index contributed by atoms with van der Waals surface area (Å²) >= 11 is 0. The van der Waals surface area contributed by atoms with E-state index < -0.39 is 10.8 Å². The van der Waals surface area contributed by atoms with Gasteiger partial charge in [0.15, 0.2) is 0 Å². The molecule has 0 spiro atoms. The molecule has 3 aromatic carbocycles. The van der Waals surface area contributed by atoms with Gasteiger partial charge in [-0.1, -0.05) is 18.2 Å². The largest absolute Gasteiger partial charge is 0.489 e. The molecule has 0 aromatic heterocycles. The number of methoxy groups -OCH3 is 1. The van der Waals surface area contributed by atoms with Crippen LogP contribution in [-0.4, -0.2) is 31.1 Å². The molecule has 0 aliphatic heterocycles. The summed E-state index contributed by atoms with van der Waals surface area (Å²) in [5, 5.41) is 17.0. The predicted molar refractivity (Wildman–Crippen MR) is 119 cm³/mol. The molecule has 3 rings (SSSR count). The fourth-order valence-corrected chi connectivity index (χ4v) is 2.92. The zero-order valence-electron chi connectivity index (χ0n) is 17.3. The molecule has 3 aromatic rings. The Kier molecular flexibility index (Phi) is 7.71. The number of halogens is 1. The fourth-order valence-electron chi connectivity index (χ4n) is 2.92. The first-order chi connectivity index (χ1) is 15.5. The summed E-state index contributed by atoms with van der Waals surface area (Å²) in [5.74, 6) is -0.365. The van der Waals surface area contributed by atoms with Crippen LogP contribution in [0.2, 0.25) is 0 Å². The number of carbonyl (C=O) groups excluding carboxylic acids is 1. The van der Waals surface area contributed by atoms with Gasteiger partial charge in [-0.15, -0.1) is 0 Å². The molecule has 32 heavy (non-hydrogen) atoms. The lowest BCUT2D eigenvalue weighted by Crippen LogP contribution is -2.14. The van der Waals surface area contributed by atoms with E-state index in [4.69, 9.17) is 9.47 Å². The number of nitro groups is 1. The van der Waals surface area contributed by atoms with Crippen molar-refractivity contribution >= 4 is 23.0 Å². The Labute approximate surface area is 184 Å². The number of anilines is 2. The van der Waals surface area contributed by atoms with Gasteiger partial charge in [-0.25, -0.2) is 4.39 Å². The quantitative estimate of drug-likeness (QED) is 0.271. The average Bonchev–Trinajstić information content (AvgIpc) is 2.78. The molecule has 0 atom stereocenters. The standard InChI is InChI=1S/C23H22FN3O5/c1-31-11-10-25-21-9-8-17(13-22(21)27(29)30)23(28)26-19-6-3-7-20(14-19)32-15-16-4-2-5-18(24)12-16/h2-9,12-14,25H,10-11,15H2,1H3,(H,26,28). The zero-order chi connectivity index (χ0) is 22.9. The summed E-state index contributed by atoms with van der Waals surface area (Å²) in [5.41, 5.74) is 1.36. The Morgan fingerprint density at radius 3 is 2.66 bits per heavy atom. The number of nitro benzene ring substituents is 1. The first kappa shape index (κ1) is 22.7. The van der Waals surface area contributed by atoms with Crippen molar-refractivity contribution in [2.24, 2.45) is 0 Å². The number of ether oxygens (including phenoxy) is 2. The van der Waals surface area contributed by atoms with E-state index in [1.165, 1.54) is 37.4 Å². The normalized spacial score (nSPS) is 10.4. The first-order valence-electron chi connectivity index (χ1n) is 9.76. The maximum absolute atomic E-state index is 13.3. The van der Waals surface area contributed by atoms with Gasteiger partial charge in [0.1, 0.15) is 23.9 Å². The van der Waals surface area contributed by atoms with Crippen LogP contribution >= 0.6 is 0 Å². The van der Waals surface area contributed by atoms with E-state index in [1.54, 1.807) is 36.4 Å². The smallest absolute Gasteiger partial charge is 0.293 e. The molecule has 8 nitrogen and oxygen atoms in total. The number of hydrogen-bond acceptors (Lipinski definition) is 6. The summed E-state index contributed by atoms with van der Waals surface area (Å²) in [6.07, 6.45) is 0. The number of hydrogen-bond donors (Lipinski definition) is 2. The third-order valence-electron chi connectivity index (χ3n) is 4.46. The fraction of sp³-hybridized carbons (Fsp3) is 0.174. The Hall–Kier alpha value is -3.98. The van der Waals surface area contributed by atoms with Crippen molar-refractivity contribution in [2.75, 3.05) is 30.9 Å². The molecule has 0 radical (unpaired) electrons. The van der Waals surface area contributed by atoms with Gasteiger partial charge in [-0.3, -0.25) is 14.9 Å². The Bertz CT molecular complexity index is 1110. The van der Waals surface area contributed by atoms with Gasteiger partial charge in [0, 0.05) is 37.0 Å². The van der Waals surface area contributed by atoms with E-state index in [1.807, 2.05) is 0 Å². The third kappa shape index (κ3) is 6.26. The number of amides is 1. The van der Waals surface area contributed by atoms with Gasteiger partial charge in [0.05, 0.1) is 11.5 Å². The van der Waals surface area contributed by atoms with Crippen LogP contribution in [0.1, 0.15) is 15.9 Å². The highest BCUT2D eigenvalue weighted by Gasteiger charge is 2.17. The van der Waals surface area contributed by atoms with Crippen molar-refractivity contribution in [3.05, 3.63) is 93.8 Å². The second-order valence-corrected chi connectivity index (χ2v) is 6.81. The monoisotopic (exact) mass is 439 g/mol. The molecule has 0 bridgehead atoms. The summed E-state index contributed by atoms with van der Waals surface area (Å²) < 4.78 is 23.9. The number of rotatable bonds is 10. The second-order valence-electron chi connectivity index (χ2n) is 6.81. The van der Waals surface area contributed by atoms with E-state index in [9.17, 15) is 19.3 Å². The van der Waals surface area contributed by atoms with E-state index in [0.29, 0.717) is 35.8 Å². The van der Waals surface area contributed by atoms with Crippen LogP contribution in [0.3, 0.4) is 0 Å². The third-order valence-corrected chi connectivity index (χ3v) is 4.46. The van der Waals surface area contributed by atoms with Crippen LogP contribution in [0.15, 0.2) is 66.7 Å². The molecule has 0 fully saturated rings. The predicted octanol–water partition coefficient (Wildman–Crippen LogP) is 4.62. The second kappa shape index (κ2) is 10.9. The van der Waals surface area contributed by atoms with E-state index >= 15 is 0 Å². The molecule has 0 aliphatic rings. The van der Waals surface area contributed by atoms with Gasteiger partial charge in [0.25, 0.3) is 11.6 Å². The van der Waals surface area contributed by atoms with Crippen LogP contribution in [-0.2, 0) is 11.3 Å². The number of nitrogens with zero attached hydrogens (tertiary/aromatic N) is 1. The maximum Gasteiger partial charge on any atom is 0.293 e. The Balaban J connectivity index is 1.68. The minimum Gasteiger partial charge on any atom is -0.489 e. The van der Waals surface area contributed by atoms with E-state index in [0.717, 1.165) is 0 Å². The minimum absolute atomic E-state index is 0.139. The summed E-state index contributed by atoms with van der Waals surface area (Å²) in [6.45, 7) is 0.946. The molecular weight excluding hydrogens is 417 g/mol. The van der Waals surface area contributed by atoms with Crippen molar-refractivity contribution in [2.45, 2.75) is 6.61 Å². The lowest BCUT2D eigenvalue weighted by Gasteiger charge is -2.11.